The zero-order valence-corrected chi connectivity index (χ0v) is 11.2. The second kappa shape index (κ2) is 4.69. The maximum absolute atomic E-state index is 12.5. The monoisotopic (exact) mass is 288 g/mol. The number of fused-ring (bicyclic) bond motifs is 1. The van der Waals surface area contributed by atoms with Crippen LogP contribution in [0.1, 0.15) is 30.4 Å². The van der Waals surface area contributed by atoms with E-state index in [1.165, 1.54) is 19.3 Å². The van der Waals surface area contributed by atoms with Gasteiger partial charge in [0.2, 0.25) is 0 Å². The minimum Gasteiger partial charge on any atom is -0.166 e. The van der Waals surface area contributed by atoms with Crippen molar-refractivity contribution in [3.8, 4) is 0 Å². The molecule has 2 aliphatic rings. The first-order chi connectivity index (χ1) is 8.97. The Morgan fingerprint density at radius 3 is 2.21 bits per heavy atom. The van der Waals surface area contributed by atoms with E-state index in [2.05, 4.69) is 0 Å². The highest BCUT2D eigenvalue weighted by Gasteiger charge is 2.55. The molecular weight excluding hydrogens is 273 g/mol. The largest absolute Gasteiger partial charge is 0.416 e. The zero-order valence-electron chi connectivity index (χ0n) is 10.5. The molecule has 0 bridgehead atoms. The smallest absolute Gasteiger partial charge is 0.166 e. The first kappa shape index (κ1) is 13.3. The van der Waals surface area contributed by atoms with Crippen LogP contribution in [0.15, 0.2) is 24.3 Å². The van der Waals surface area contributed by atoms with Crippen LogP contribution in [0.25, 0.3) is 0 Å². The molecule has 1 aromatic rings. The molecule has 3 atom stereocenters. The van der Waals surface area contributed by atoms with E-state index in [-0.39, 0.29) is 5.38 Å². The van der Waals surface area contributed by atoms with Crippen molar-refractivity contribution in [3.05, 3.63) is 35.4 Å². The lowest BCUT2D eigenvalue weighted by molar-refractivity contribution is -0.137. The summed E-state index contributed by atoms with van der Waals surface area (Å²) in [5, 5.41) is 0.0760. The van der Waals surface area contributed by atoms with Gasteiger partial charge in [-0.05, 0) is 54.7 Å². The van der Waals surface area contributed by atoms with Gasteiger partial charge in [0.25, 0.3) is 0 Å². The minimum absolute atomic E-state index is 0.0760. The standard InChI is InChI=1S/C15H16ClF3/c16-13(14-11-2-1-3-12(11)14)8-9-4-6-10(7-5-9)15(17,18)19/h4-7,11-14H,1-3,8H2. The second-order valence-corrected chi connectivity index (χ2v) is 6.31. The molecule has 4 heteroatoms. The molecule has 0 saturated heterocycles. The lowest BCUT2D eigenvalue weighted by atomic mass is 10.0. The molecule has 2 saturated carbocycles. The van der Waals surface area contributed by atoms with E-state index in [0.717, 1.165) is 29.5 Å². The summed E-state index contributed by atoms with van der Waals surface area (Å²) in [6.45, 7) is 0. The second-order valence-electron chi connectivity index (χ2n) is 5.75. The highest BCUT2D eigenvalue weighted by atomic mass is 35.5. The third kappa shape index (κ3) is 2.62. The van der Waals surface area contributed by atoms with Crippen molar-refractivity contribution in [1.82, 2.24) is 0 Å². The Hall–Kier alpha value is -0.700. The normalized spacial score (nSPS) is 31.1. The van der Waals surface area contributed by atoms with Crippen LogP contribution in [-0.4, -0.2) is 5.38 Å². The van der Waals surface area contributed by atoms with Gasteiger partial charge in [-0.25, -0.2) is 0 Å². The van der Waals surface area contributed by atoms with Gasteiger partial charge in [-0.15, -0.1) is 11.6 Å². The van der Waals surface area contributed by atoms with Gasteiger partial charge in [0.05, 0.1) is 5.56 Å². The Labute approximate surface area is 116 Å². The van der Waals surface area contributed by atoms with Crippen LogP contribution in [0.4, 0.5) is 13.2 Å². The number of hydrogen-bond donors (Lipinski definition) is 0. The van der Waals surface area contributed by atoms with Crippen LogP contribution in [0.3, 0.4) is 0 Å². The third-order valence-electron chi connectivity index (χ3n) is 4.60. The van der Waals surface area contributed by atoms with Gasteiger partial charge in [0.15, 0.2) is 0 Å². The molecule has 104 valence electrons. The van der Waals surface area contributed by atoms with Gasteiger partial charge in [-0.1, -0.05) is 18.6 Å². The molecule has 0 N–H and O–H groups in total. The van der Waals surface area contributed by atoms with E-state index in [1.807, 2.05) is 0 Å². The summed E-state index contributed by atoms with van der Waals surface area (Å²) in [5.41, 5.74) is 0.309. The average molecular weight is 289 g/mol. The van der Waals surface area contributed by atoms with Crippen molar-refractivity contribution < 1.29 is 13.2 Å². The highest BCUT2D eigenvalue weighted by Crippen LogP contribution is 2.60. The lowest BCUT2D eigenvalue weighted by Crippen LogP contribution is -2.10. The van der Waals surface area contributed by atoms with Gasteiger partial charge < -0.3 is 0 Å². The zero-order chi connectivity index (χ0) is 13.6. The molecule has 1 aromatic carbocycles. The summed E-state index contributed by atoms with van der Waals surface area (Å²) in [7, 11) is 0. The SMILES string of the molecule is FC(F)(F)c1ccc(CC(Cl)C2C3CCCC32)cc1. The summed E-state index contributed by atoms with van der Waals surface area (Å²) in [5.74, 6) is 2.17. The molecule has 3 rings (SSSR count). The van der Waals surface area contributed by atoms with Crippen molar-refractivity contribution >= 4 is 11.6 Å². The van der Waals surface area contributed by atoms with Crippen LogP contribution in [0.5, 0.6) is 0 Å². The Morgan fingerprint density at radius 1 is 1.11 bits per heavy atom. The van der Waals surface area contributed by atoms with Crippen LogP contribution in [0, 0.1) is 17.8 Å². The first-order valence-corrected chi connectivity index (χ1v) is 7.20. The van der Waals surface area contributed by atoms with Crippen molar-refractivity contribution in [3.63, 3.8) is 0 Å². The maximum atomic E-state index is 12.5. The molecule has 2 aliphatic carbocycles. The Kier molecular flexibility index (Phi) is 3.28. The Morgan fingerprint density at radius 2 is 1.68 bits per heavy atom. The van der Waals surface area contributed by atoms with Crippen molar-refractivity contribution in [2.75, 3.05) is 0 Å². The van der Waals surface area contributed by atoms with Crippen LogP contribution < -0.4 is 0 Å². The summed E-state index contributed by atoms with van der Waals surface area (Å²) >= 11 is 6.42. The maximum Gasteiger partial charge on any atom is 0.416 e. The number of benzene rings is 1. The first-order valence-electron chi connectivity index (χ1n) is 6.77. The number of alkyl halides is 4. The topological polar surface area (TPSA) is 0 Å². The van der Waals surface area contributed by atoms with E-state index in [4.69, 9.17) is 11.6 Å². The predicted molar refractivity (Wildman–Crippen MR) is 69.1 cm³/mol. The van der Waals surface area contributed by atoms with Gasteiger partial charge in [0.1, 0.15) is 0 Å². The Balaban J connectivity index is 1.61. The third-order valence-corrected chi connectivity index (χ3v) is 5.05. The van der Waals surface area contributed by atoms with E-state index < -0.39 is 11.7 Å². The molecule has 0 spiro atoms. The quantitative estimate of drug-likeness (QED) is 0.694. The fourth-order valence-electron chi connectivity index (χ4n) is 3.60. The van der Waals surface area contributed by atoms with E-state index in [9.17, 15) is 13.2 Å². The Bertz CT molecular complexity index is 441. The van der Waals surface area contributed by atoms with E-state index in [0.29, 0.717) is 12.3 Å². The fourth-order valence-corrected chi connectivity index (χ4v) is 4.16. The molecule has 0 radical (unpaired) electrons. The van der Waals surface area contributed by atoms with Crippen LogP contribution in [0.2, 0.25) is 0 Å². The number of rotatable bonds is 3. The summed E-state index contributed by atoms with van der Waals surface area (Å²) < 4.78 is 37.4. The highest BCUT2D eigenvalue weighted by molar-refractivity contribution is 6.21. The van der Waals surface area contributed by atoms with E-state index >= 15 is 0 Å². The predicted octanol–water partition coefficient (Wildman–Crippen LogP) is 4.90. The molecule has 0 nitrogen and oxygen atoms in total. The van der Waals surface area contributed by atoms with Gasteiger partial charge in [-0.3, -0.25) is 0 Å². The molecule has 0 aromatic heterocycles. The van der Waals surface area contributed by atoms with Gasteiger partial charge >= 0.3 is 6.18 Å². The van der Waals surface area contributed by atoms with Crippen molar-refractivity contribution in [1.29, 1.82) is 0 Å². The van der Waals surface area contributed by atoms with Gasteiger partial charge in [-0.2, -0.15) is 13.2 Å². The number of hydrogen-bond acceptors (Lipinski definition) is 0. The summed E-state index contributed by atoms with van der Waals surface area (Å²) in [4.78, 5) is 0. The van der Waals surface area contributed by atoms with E-state index in [1.54, 1.807) is 12.1 Å². The molecule has 0 amide bonds. The van der Waals surface area contributed by atoms with Crippen molar-refractivity contribution in [2.45, 2.75) is 37.2 Å². The molecule has 19 heavy (non-hydrogen) atoms. The van der Waals surface area contributed by atoms with Crippen LogP contribution >= 0.6 is 11.6 Å². The fraction of sp³-hybridized carbons (Fsp3) is 0.600. The molecule has 0 heterocycles. The number of halogens is 4. The molecule has 2 fully saturated rings. The lowest BCUT2D eigenvalue weighted by Gasteiger charge is -2.12. The van der Waals surface area contributed by atoms with Crippen molar-refractivity contribution in [2.24, 2.45) is 17.8 Å². The average Bonchev–Trinajstić information content (AvgIpc) is 2.83. The molecule has 3 unspecified atom stereocenters. The van der Waals surface area contributed by atoms with Crippen LogP contribution in [-0.2, 0) is 12.6 Å². The molecular formula is C15H16ClF3. The minimum atomic E-state index is -4.26. The van der Waals surface area contributed by atoms with Gasteiger partial charge in [0, 0.05) is 5.38 Å². The molecule has 0 aliphatic heterocycles. The summed E-state index contributed by atoms with van der Waals surface area (Å²) in [6.07, 6.45) is 0.302. The summed E-state index contributed by atoms with van der Waals surface area (Å²) in [6, 6.07) is 5.39.